The van der Waals surface area contributed by atoms with Crippen LogP contribution in [0.15, 0.2) is 11.6 Å². The zero-order valence-electron chi connectivity index (χ0n) is 7.58. The van der Waals surface area contributed by atoms with Gasteiger partial charge in [0.25, 0.3) is 0 Å². The van der Waals surface area contributed by atoms with Crippen LogP contribution in [0.5, 0.6) is 0 Å². The van der Waals surface area contributed by atoms with E-state index >= 15 is 0 Å². The molecule has 1 saturated carbocycles. The van der Waals surface area contributed by atoms with Crippen LogP contribution < -0.4 is 0 Å². The molecule has 0 aliphatic heterocycles. The van der Waals surface area contributed by atoms with E-state index in [-0.39, 0.29) is 0 Å². The van der Waals surface area contributed by atoms with Gasteiger partial charge in [-0.25, -0.2) is 12.7 Å². The predicted molar refractivity (Wildman–Crippen MR) is 49.4 cm³/mol. The summed E-state index contributed by atoms with van der Waals surface area (Å²) in [6.45, 7) is 0.522. The van der Waals surface area contributed by atoms with Gasteiger partial charge < -0.3 is 0 Å². The summed E-state index contributed by atoms with van der Waals surface area (Å²) in [6.07, 6.45) is 6.81. The van der Waals surface area contributed by atoms with Crippen LogP contribution in [0.1, 0.15) is 19.3 Å². The molecule has 0 N–H and O–H groups in total. The molecular formula is C8H15NO2S. The normalized spacial score (nSPS) is 17.8. The third-order valence-corrected chi connectivity index (χ3v) is 3.48. The zero-order valence-corrected chi connectivity index (χ0v) is 8.39. The summed E-state index contributed by atoms with van der Waals surface area (Å²) in [4.78, 5) is 0. The molecule has 0 aromatic heterocycles. The van der Waals surface area contributed by atoms with Gasteiger partial charge >= 0.3 is 0 Å². The highest BCUT2D eigenvalue weighted by Crippen LogP contribution is 2.24. The van der Waals surface area contributed by atoms with E-state index in [1.165, 1.54) is 22.6 Å². The number of hydrogen-bond acceptors (Lipinski definition) is 2. The lowest BCUT2D eigenvalue weighted by Crippen LogP contribution is -2.25. The summed E-state index contributed by atoms with van der Waals surface area (Å²) in [6, 6.07) is 0. The Bertz CT molecular complexity index is 273. The third-order valence-electron chi connectivity index (χ3n) is 2.20. The van der Waals surface area contributed by atoms with Gasteiger partial charge in [0.15, 0.2) is 0 Å². The average Bonchev–Trinajstić information content (AvgIpc) is 1.81. The molecule has 0 aromatic rings. The van der Waals surface area contributed by atoms with E-state index in [2.05, 4.69) is 0 Å². The van der Waals surface area contributed by atoms with Crippen LogP contribution in [-0.2, 0) is 10.0 Å². The van der Waals surface area contributed by atoms with Crippen molar-refractivity contribution in [1.29, 1.82) is 0 Å². The van der Waals surface area contributed by atoms with E-state index in [0.29, 0.717) is 6.54 Å². The first-order valence-electron chi connectivity index (χ1n) is 4.09. The minimum Gasteiger partial charge on any atom is -0.213 e. The number of likely N-dealkylation sites (N-methyl/N-ethyl adjacent to an activating group) is 1. The van der Waals surface area contributed by atoms with Crippen LogP contribution in [0.2, 0.25) is 0 Å². The van der Waals surface area contributed by atoms with Crippen molar-refractivity contribution in [3.63, 3.8) is 0 Å². The highest BCUT2D eigenvalue weighted by molar-refractivity contribution is 7.88. The fourth-order valence-electron chi connectivity index (χ4n) is 0.978. The van der Waals surface area contributed by atoms with Crippen molar-refractivity contribution < 1.29 is 8.42 Å². The second-order valence-corrected chi connectivity index (χ2v) is 5.35. The van der Waals surface area contributed by atoms with E-state index in [4.69, 9.17) is 0 Å². The molecule has 1 aliphatic rings. The maximum atomic E-state index is 10.9. The summed E-state index contributed by atoms with van der Waals surface area (Å²) in [5, 5.41) is 0. The minimum atomic E-state index is -2.99. The van der Waals surface area contributed by atoms with Crippen LogP contribution in [-0.4, -0.2) is 32.6 Å². The van der Waals surface area contributed by atoms with Crippen LogP contribution in [0.3, 0.4) is 0 Å². The van der Waals surface area contributed by atoms with Crippen molar-refractivity contribution >= 4 is 10.0 Å². The van der Waals surface area contributed by atoms with Crippen molar-refractivity contribution in [2.75, 3.05) is 19.8 Å². The van der Waals surface area contributed by atoms with Gasteiger partial charge in [0.2, 0.25) is 10.0 Å². The second-order valence-electron chi connectivity index (χ2n) is 3.26. The highest BCUT2D eigenvalue weighted by atomic mass is 32.2. The molecule has 0 spiro atoms. The monoisotopic (exact) mass is 189 g/mol. The number of allylic oxidation sites excluding steroid dienone is 1. The summed E-state index contributed by atoms with van der Waals surface area (Å²) < 4.78 is 23.3. The van der Waals surface area contributed by atoms with Crippen LogP contribution in [0.4, 0.5) is 0 Å². The maximum Gasteiger partial charge on any atom is 0.211 e. The Morgan fingerprint density at radius 3 is 2.42 bits per heavy atom. The molecule has 0 amide bonds. The smallest absolute Gasteiger partial charge is 0.211 e. The largest absolute Gasteiger partial charge is 0.213 e. The van der Waals surface area contributed by atoms with E-state index < -0.39 is 10.0 Å². The van der Waals surface area contributed by atoms with Crippen molar-refractivity contribution in [2.24, 2.45) is 0 Å². The molecule has 0 atom stereocenters. The molecule has 0 aromatic carbocycles. The first kappa shape index (κ1) is 9.74. The highest BCUT2D eigenvalue weighted by Gasteiger charge is 2.11. The van der Waals surface area contributed by atoms with E-state index in [1.54, 1.807) is 7.05 Å². The predicted octanol–water partition coefficient (Wildman–Crippen LogP) is 0.988. The number of rotatable bonds is 3. The lowest BCUT2D eigenvalue weighted by molar-refractivity contribution is 0.502. The molecule has 4 heteroatoms. The van der Waals surface area contributed by atoms with E-state index in [1.807, 2.05) is 6.08 Å². The SMILES string of the molecule is CN(CC=C1CCC1)S(C)(=O)=O. The van der Waals surface area contributed by atoms with Crippen LogP contribution in [0, 0.1) is 0 Å². The molecule has 0 saturated heterocycles. The van der Waals surface area contributed by atoms with Crippen molar-refractivity contribution in [1.82, 2.24) is 4.31 Å². The van der Waals surface area contributed by atoms with Gasteiger partial charge in [-0.15, -0.1) is 0 Å². The van der Waals surface area contributed by atoms with Gasteiger partial charge in [-0.05, 0) is 19.3 Å². The first-order valence-corrected chi connectivity index (χ1v) is 5.94. The molecule has 0 radical (unpaired) electrons. The molecular weight excluding hydrogens is 174 g/mol. The third kappa shape index (κ3) is 2.60. The average molecular weight is 189 g/mol. The van der Waals surface area contributed by atoms with Crippen molar-refractivity contribution in [3.8, 4) is 0 Å². The molecule has 1 fully saturated rings. The van der Waals surface area contributed by atoms with Gasteiger partial charge in [-0.3, -0.25) is 0 Å². The lowest BCUT2D eigenvalue weighted by atomic mass is 9.92. The Balaban J connectivity index is 2.41. The van der Waals surface area contributed by atoms with Crippen LogP contribution in [0.25, 0.3) is 0 Å². The quantitative estimate of drug-likeness (QED) is 0.621. The molecule has 1 aliphatic carbocycles. The molecule has 12 heavy (non-hydrogen) atoms. The van der Waals surface area contributed by atoms with Gasteiger partial charge in [0.05, 0.1) is 6.26 Å². The van der Waals surface area contributed by atoms with Crippen molar-refractivity contribution in [2.45, 2.75) is 19.3 Å². The molecule has 0 heterocycles. The zero-order chi connectivity index (χ0) is 9.19. The maximum absolute atomic E-state index is 10.9. The summed E-state index contributed by atoms with van der Waals surface area (Å²) in [5.74, 6) is 0. The Labute approximate surface area is 74.1 Å². The Morgan fingerprint density at radius 1 is 1.50 bits per heavy atom. The van der Waals surface area contributed by atoms with Gasteiger partial charge in [-0.2, -0.15) is 0 Å². The van der Waals surface area contributed by atoms with Gasteiger partial charge in [0, 0.05) is 13.6 Å². The van der Waals surface area contributed by atoms with Crippen molar-refractivity contribution in [3.05, 3.63) is 11.6 Å². The summed E-state index contributed by atoms with van der Waals surface area (Å²) in [5.41, 5.74) is 1.39. The molecule has 70 valence electrons. The molecule has 1 rings (SSSR count). The topological polar surface area (TPSA) is 37.4 Å². The molecule has 0 unspecified atom stereocenters. The van der Waals surface area contributed by atoms with E-state index in [0.717, 1.165) is 12.8 Å². The fraction of sp³-hybridized carbons (Fsp3) is 0.750. The lowest BCUT2D eigenvalue weighted by Gasteiger charge is -2.18. The first-order chi connectivity index (χ1) is 5.50. The molecule has 0 bridgehead atoms. The second kappa shape index (κ2) is 3.58. The standard InChI is InChI=1S/C8H15NO2S/c1-9(12(2,10)11)7-6-8-4-3-5-8/h6H,3-5,7H2,1-2H3. The summed E-state index contributed by atoms with van der Waals surface area (Å²) >= 11 is 0. The number of nitrogens with zero attached hydrogens (tertiary/aromatic N) is 1. The fourth-order valence-corrected chi connectivity index (χ4v) is 1.32. The van der Waals surface area contributed by atoms with Gasteiger partial charge in [0.1, 0.15) is 0 Å². The number of sulfonamides is 1. The Hall–Kier alpha value is -0.350. The Morgan fingerprint density at radius 2 is 2.08 bits per heavy atom. The minimum absolute atomic E-state index is 0.522. The van der Waals surface area contributed by atoms with Crippen LogP contribution >= 0.6 is 0 Å². The molecule has 3 nitrogen and oxygen atoms in total. The van der Waals surface area contributed by atoms with Gasteiger partial charge in [-0.1, -0.05) is 11.6 Å². The Kier molecular flexibility index (Phi) is 2.90. The van der Waals surface area contributed by atoms with E-state index in [9.17, 15) is 8.42 Å². The number of hydrogen-bond donors (Lipinski definition) is 0. The summed E-state index contributed by atoms with van der Waals surface area (Å²) in [7, 11) is -1.39.